The molecule has 0 aliphatic carbocycles. The summed E-state index contributed by atoms with van der Waals surface area (Å²) in [5.41, 5.74) is 0.0389. The average Bonchev–Trinajstić information content (AvgIpc) is 2.47. The van der Waals surface area contributed by atoms with Crippen LogP contribution in [0.25, 0.3) is 0 Å². The van der Waals surface area contributed by atoms with Crippen molar-refractivity contribution < 1.29 is 27.4 Å². The molecule has 0 aliphatic heterocycles. The van der Waals surface area contributed by atoms with E-state index in [4.69, 9.17) is 9.47 Å². The lowest BCUT2D eigenvalue weighted by atomic mass is 10.1. The number of esters is 1. The lowest BCUT2D eigenvalue weighted by molar-refractivity contribution is -0.363. The predicted octanol–water partition coefficient (Wildman–Crippen LogP) is 5.48. The third kappa shape index (κ3) is 5.49. The lowest BCUT2D eigenvalue weighted by Crippen LogP contribution is -2.51. The zero-order valence-electron chi connectivity index (χ0n) is 13.1. The molecular weight excluding hydrogens is 377 g/mol. The summed E-state index contributed by atoms with van der Waals surface area (Å²) < 4.78 is 51.0. The van der Waals surface area contributed by atoms with E-state index >= 15 is 0 Å². The van der Waals surface area contributed by atoms with Crippen molar-refractivity contribution in [2.24, 2.45) is 0 Å². The monoisotopic (exact) mass is 396 g/mol. The zero-order chi connectivity index (χ0) is 17.5. The van der Waals surface area contributed by atoms with Crippen molar-refractivity contribution in [3.63, 3.8) is 0 Å². The summed E-state index contributed by atoms with van der Waals surface area (Å²) in [6, 6.07) is 5.91. The largest absolute Gasteiger partial charge is 0.455 e. The Balaban J connectivity index is 3.02. The van der Waals surface area contributed by atoms with Crippen molar-refractivity contribution in [3.8, 4) is 0 Å². The van der Waals surface area contributed by atoms with Crippen LogP contribution in [-0.2, 0) is 9.47 Å². The van der Waals surface area contributed by atoms with Gasteiger partial charge in [0, 0.05) is 17.5 Å². The molecule has 1 aromatic rings. The van der Waals surface area contributed by atoms with Gasteiger partial charge in [0.1, 0.15) is 0 Å². The van der Waals surface area contributed by atoms with Crippen LogP contribution in [0.3, 0.4) is 0 Å². The molecule has 0 heterocycles. The van der Waals surface area contributed by atoms with E-state index in [2.05, 4.69) is 15.9 Å². The first-order chi connectivity index (χ1) is 10.8. The lowest BCUT2D eigenvalue weighted by Gasteiger charge is -2.34. The van der Waals surface area contributed by atoms with Gasteiger partial charge in [0.2, 0.25) is 0 Å². The van der Waals surface area contributed by atoms with E-state index in [0.717, 1.165) is 6.42 Å². The average molecular weight is 397 g/mol. The topological polar surface area (TPSA) is 35.5 Å². The van der Waals surface area contributed by atoms with Crippen LogP contribution in [0.2, 0.25) is 0 Å². The van der Waals surface area contributed by atoms with Gasteiger partial charge in [-0.3, -0.25) is 0 Å². The molecule has 0 bridgehead atoms. The van der Waals surface area contributed by atoms with Gasteiger partial charge >= 0.3 is 17.9 Å². The van der Waals surface area contributed by atoms with E-state index in [9.17, 15) is 18.0 Å². The van der Waals surface area contributed by atoms with E-state index in [1.807, 2.05) is 6.92 Å². The maximum atomic E-state index is 13.5. The Labute approximate surface area is 142 Å². The van der Waals surface area contributed by atoms with Crippen LogP contribution < -0.4 is 0 Å². The number of halogens is 4. The van der Waals surface area contributed by atoms with Crippen LogP contribution in [0.1, 0.15) is 49.9 Å². The number of ether oxygens (including phenoxy) is 2. The number of hydrogen-bond donors (Lipinski definition) is 0. The van der Waals surface area contributed by atoms with Crippen LogP contribution in [0.15, 0.2) is 28.7 Å². The molecule has 1 atom stereocenters. The highest BCUT2D eigenvalue weighted by molar-refractivity contribution is 9.10. The maximum absolute atomic E-state index is 13.5. The normalized spacial score (nSPS) is 14.3. The second kappa shape index (κ2) is 8.68. The number of alkyl halides is 3. The second-order valence-electron chi connectivity index (χ2n) is 5.04. The highest BCUT2D eigenvalue weighted by Crippen LogP contribution is 2.39. The Bertz CT molecular complexity index is 502. The number of hydrogen-bond acceptors (Lipinski definition) is 3. The van der Waals surface area contributed by atoms with Crippen LogP contribution >= 0.6 is 15.9 Å². The van der Waals surface area contributed by atoms with Crippen LogP contribution in [-0.4, -0.2) is 24.5 Å². The summed E-state index contributed by atoms with van der Waals surface area (Å²) in [6.45, 7) is 3.11. The van der Waals surface area contributed by atoms with Gasteiger partial charge in [-0.25, -0.2) is 4.79 Å². The summed E-state index contributed by atoms with van der Waals surface area (Å²) in [7, 11) is 0. The summed E-state index contributed by atoms with van der Waals surface area (Å²) in [5.74, 6) is -3.96. The molecule has 0 amide bonds. The summed E-state index contributed by atoms with van der Waals surface area (Å²) in [4.78, 5) is 12.1. The minimum absolute atomic E-state index is 0.0389. The Kier molecular flexibility index (Phi) is 7.54. The van der Waals surface area contributed by atoms with Crippen molar-refractivity contribution in [1.82, 2.24) is 0 Å². The molecule has 0 fully saturated rings. The maximum Gasteiger partial charge on any atom is 0.455 e. The summed E-state index contributed by atoms with van der Waals surface area (Å²) >= 11 is 3.20. The van der Waals surface area contributed by atoms with Gasteiger partial charge in [-0.05, 0) is 37.6 Å². The molecule has 0 spiro atoms. The summed E-state index contributed by atoms with van der Waals surface area (Å²) in [5, 5.41) is 0. The van der Waals surface area contributed by atoms with Crippen molar-refractivity contribution in [2.45, 2.75) is 51.5 Å². The minimum atomic E-state index is -4.80. The van der Waals surface area contributed by atoms with Gasteiger partial charge in [0.15, 0.2) is 0 Å². The van der Waals surface area contributed by atoms with Crippen molar-refractivity contribution in [1.29, 1.82) is 0 Å². The number of rotatable bonds is 8. The van der Waals surface area contributed by atoms with Gasteiger partial charge in [0.05, 0.1) is 5.56 Å². The standard InChI is InChI=1S/C16H20BrF3O3/c1-3-5-6-11-15(22-4-2,16(18,19)20)23-14(21)12-7-9-13(17)10-8-12/h7-10H,3-6,11H2,1-2H3/t15-/m0/s1. The predicted molar refractivity (Wildman–Crippen MR) is 84.1 cm³/mol. The molecule has 3 nitrogen and oxygen atoms in total. The first-order valence-electron chi connectivity index (χ1n) is 7.45. The number of benzene rings is 1. The van der Waals surface area contributed by atoms with Crippen molar-refractivity contribution in [2.75, 3.05) is 6.61 Å². The van der Waals surface area contributed by atoms with Gasteiger partial charge in [-0.2, -0.15) is 13.2 Å². The second-order valence-corrected chi connectivity index (χ2v) is 5.95. The fraction of sp³-hybridized carbons (Fsp3) is 0.562. The molecule has 1 rings (SSSR count). The Morgan fingerprint density at radius 1 is 1.13 bits per heavy atom. The number of carbonyl (C=O) groups excluding carboxylic acids is 1. The molecule has 0 saturated carbocycles. The van der Waals surface area contributed by atoms with Crippen LogP contribution in [0.5, 0.6) is 0 Å². The first-order valence-corrected chi connectivity index (χ1v) is 8.24. The van der Waals surface area contributed by atoms with Crippen LogP contribution in [0.4, 0.5) is 13.2 Å². The fourth-order valence-electron chi connectivity index (χ4n) is 2.07. The van der Waals surface area contributed by atoms with Gasteiger partial charge in [-0.15, -0.1) is 0 Å². The zero-order valence-corrected chi connectivity index (χ0v) is 14.7. The molecule has 7 heteroatoms. The number of unbranched alkanes of at least 4 members (excludes halogenated alkanes) is 2. The van der Waals surface area contributed by atoms with Crippen molar-refractivity contribution in [3.05, 3.63) is 34.3 Å². The third-order valence-corrected chi connectivity index (χ3v) is 3.79. The third-order valence-electron chi connectivity index (χ3n) is 3.26. The molecular formula is C16H20BrF3O3. The molecule has 130 valence electrons. The molecule has 23 heavy (non-hydrogen) atoms. The van der Waals surface area contributed by atoms with E-state index in [-0.39, 0.29) is 18.6 Å². The van der Waals surface area contributed by atoms with E-state index in [1.165, 1.54) is 19.1 Å². The van der Waals surface area contributed by atoms with Crippen molar-refractivity contribution >= 4 is 21.9 Å². The Hall–Kier alpha value is -1.08. The van der Waals surface area contributed by atoms with Gasteiger partial charge < -0.3 is 9.47 Å². The highest BCUT2D eigenvalue weighted by atomic mass is 79.9. The Morgan fingerprint density at radius 3 is 2.22 bits per heavy atom. The fourth-order valence-corrected chi connectivity index (χ4v) is 2.33. The summed E-state index contributed by atoms with van der Waals surface area (Å²) in [6.07, 6.45) is -3.62. The molecule has 0 unspecified atom stereocenters. The molecule has 0 N–H and O–H groups in total. The quantitative estimate of drug-likeness (QED) is 0.331. The minimum Gasteiger partial charge on any atom is -0.419 e. The first kappa shape index (κ1) is 20.0. The Morgan fingerprint density at radius 2 is 1.74 bits per heavy atom. The van der Waals surface area contributed by atoms with Gasteiger partial charge in [-0.1, -0.05) is 35.7 Å². The molecule has 1 aromatic carbocycles. The molecule has 0 aromatic heterocycles. The van der Waals surface area contributed by atoms with E-state index < -0.39 is 24.4 Å². The highest BCUT2D eigenvalue weighted by Gasteiger charge is 2.59. The molecule has 0 saturated heterocycles. The SMILES string of the molecule is CCCCC[C@](OCC)(OC(=O)c1ccc(Br)cc1)C(F)(F)F. The molecule has 0 radical (unpaired) electrons. The number of carbonyl (C=O) groups is 1. The van der Waals surface area contributed by atoms with Crippen LogP contribution in [0, 0.1) is 0 Å². The smallest absolute Gasteiger partial charge is 0.419 e. The van der Waals surface area contributed by atoms with E-state index in [1.54, 1.807) is 12.1 Å². The molecule has 0 aliphatic rings. The van der Waals surface area contributed by atoms with Gasteiger partial charge in [0.25, 0.3) is 0 Å². The van der Waals surface area contributed by atoms with E-state index in [0.29, 0.717) is 10.9 Å².